The van der Waals surface area contributed by atoms with Crippen molar-refractivity contribution in [3.05, 3.63) is 0 Å². The maximum Gasteiger partial charge on any atom is 0.472 e. The molecule has 0 bridgehead atoms. The third-order valence-corrected chi connectivity index (χ3v) is 3.44. The van der Waals surface area contributed by atoms with Crippen molar-refractivity contribution in [3.8, 4) is 0 Å². The van der Waals surface area contributed by atoms with Gasteiger partial charge in [0.15, 0.2) is 0 Å². The highest BCUT2D eigenvalue weighted by Crippen LogP contribution is 2.47. The third-order valence-electron chi connectivity index (χ3n) is 2.41. The smallest absolute Gasteiger partial charge is 0.391 e. The molecule has 20 heavy (non-hydrogen) atoms. The van der Waals surface area contributed by atoms with Gasteiger partial charge in [0.25, 0.3) is 0 Å². The Bertz CT molecular complexity index is 428. The van der Waals surface area contributed by atoms with E-state index in [0.29, 0.717) is 0 Å². The van der Waals surface area contributed by atoms with Crippen LogP contribution in [0.1, 0.15) is 0 Å². The summed E-state index contributed by atoms with van der Waals surface area (Å²) in [5.74, 6) is -2.64. The molecular weight excluding hydrogens is 326 g/mol. The maximum absolute atomic E-state index is 10.8. The second-order valence-electron chi connectivity index (χ2n) is 3.93. The molecule has 1 rings (SSSR count). The highest BCUT2D eigenvalue weighted by Gasteiger charge is 2.58. The normalized spacial score (nSPS) is 35.5. The van der Waals surface area contributed by atoms with E-state index in [1.807, 2.05) is 0 Å². The predicted molar refractivity (Wildman–Crippen MR) is 57.8 cm³/mol. The van der Waals surface area contributed by atoms with Gasteiger partial charge in [-0.3, -0.25) is 4.52 Å². The van der Waals surface area contributed by atoms with Gasteiger partial charge < -0.3 is 39.6 Å². The fraction of sp³-hybridized carbons (Fsp3) is 1.00. The second-order valence-corrected chi connectivity index (χ2v) is 6.33. The van der Waals surface area contributed by atoms with E-state index in [1.54, 1.807) is 0 Å². The Balaban J connectivity index is 2.85. The molecule has 1 saturated heterocycles. The van der Waals surface area contributed by atoms with Gasteiger partial charge in [0, 0.05) is 0 Å². The average molecular weight is 340 g/mol. The molecular formula is C6H14O12P2. The maximum atomic E-state index is 10.8. The molecule has 12 nitrogen and oxygen atoms in total. The van der Waals surface area contributed by atoms with Crippen LogP contribution in [0.2, 0.25) is 0 Å². The lowest BCUT2D eigenvalue weighted by Crippen LogP contribution is -2.47. The molecule has 1 fully saturated rings. The van der Waals surface area contributed by atoms with Gasteiger partial charge in [-0.1, -0.05) is 0 Å². The summed E-state index contributed by atoms with van der Waals surface area (Å²) in [5, 5.41) is 28.2. The van der Waals surface area contributed by atoms with Gasteiger partial charge in [0.1, 0.15) is 24.9 Å². The van der Waals surface area contributed by atoms with Crippen LogP contribution in [0.15, 0.2) is 0 Å². The van der Waals surface area contributed by atoms with Crippen LogP contribution in [0.3, 0.4) is 0 Å². The van der Waals surface area contributed by atoms with E-state index in [0.717, 1.165) is 0 Å². The number of aliphatic hydroxyl groups is 3. The minimum atomic E-state index is -5.19. The Hall–Kier alpha value is 0.0600. The van der Waals surface area contributed by atoms with Crippen molar-refractivity contribution in [2.75, 3.05) is 13.2 Å². The lowest BCUT2D eigenvalue weighted by molar-refractivity contribution is -0.237. The summed E-state index contributed by atoms with van der Waals surface area (Å²) in [6.07, 6.45) is -5.53. The van der Waals surface area contributed by atoms with Crippen LogP contribution in [0, 0.1) is 0 Å². The van der Waals surface area contributed by atoms with E-state index in [4.69, 9.17) is 29.4 Å². The fourth-order valence-corrected chi connectivity index (χ4v) is 2.55. The first-order valence-electron chi connectivity index (χ1n) is 5.01. The molecule has 7 N–H and O–H groups in total. The summed E-state index contributed by atoms with van der Waals surface area (Å²) in [7, 11) is -10.1. The molecule has 120 valence electrons. The summed E-state index contributed by atoms with van der Waals surface area (Å²) < 4.78 is 34.2. The zero-order valence-electron chi connectivity index (χ0n) is 9.71. The Labute approximate surface area is 112 Å². The SMILES string of the molecule is O=P(O)(O)OC[C@H]1O[C@@](CO)(OP(=O)(O)O)[C@H](O)[C@@H]1O. The van der Waals surface area contributed by atoms with Crippen molar-refractivity contribution in [3.63, 3.8) is 0 Å². The molecule has 1 heterocycles. The van der Waals surface area contributed by atoms with Crippen molar-refractivity contribution >= 4 is 15.6 Å². The van der Waals surface area contributed by atoms with Crippen molar-refractivity contribution in [1.29, 1.82) is 0 Å². The van der Waals surface area contributed by atoms with Crippen molar-refractivity contribution in [2.24, 2.45) is 0 Å². The number of phosphoric ester groups is 2. The molecule has 0 radical (unpaired) electrons. The zero-order chi connectivity index (χ0) is 15.8. The van der Waals surface area contributed by atoms with Gasteiger partial charge >= 0.3 is 15.6 Å². The second kappa shape index (κ2) is 6.05. The summed E-state index contributed by atoms with van der Waals surface area (Å²) in [5.41, 5.74) is 0. The average Bonchev–Trinajstić information content (AvgIpc) is 2.49. The quantitative estimate of drug-likeness (QED) is 0.242. The number of hydrogen-bond donors (Lipinski definition) is 7. The molecule has 0 amide bonds. The Morgan fingerprint density at radius 1 is 1.10 bits per heavy atom. The van der Waals surface area contributed by atoms with Crippen LogP contribution in [0.4, 0.5) is 0 Å². The first-order chi connectivity index (χ1) is 8.90. The van der Waals surface area contributed by atoms with Gasteiger partial charge in [-0.15, -0.1) is 0 Å². The Kier molecular flexibility index (Phi) is 5.48. The molecule has 1 aliphatic rings. The fourth-order valence-electron chi connectivity index (χ4n) is 1.60. The summed E-state index contributed by atoms with van der Waals surface area (Å²) >= 11 is 0. The van der Waals surface area contributed by atoms with Crippen LogP contribution < -0.4 is 0 Å². The molecule has 1 aliphatic heterocycles. The molecule has 4 atom stereocenters. The minimum absolute atomic E-state index is 0.908. The first kappa shape index (κ1) is 18.1. The molecule has 0 aromatic heterocycles. The van der Waals surface area contributed by atoms with Crippen LogP contribution in [0.5, 0.6) is 0 Å². The first-order valence-corrected chi connectivity index (χ1v) is 8.07. The highest BCUT2D eigenvalue weighted by molar-refractivity contribution is 7.46. The summed E-state index contributed by atoms with van der Waals surface area (Å²) in [4.78, 5) is 34.3. The van der Waals surface area contributed by atoms with Crippen LogP contribution >= 0.6 is 15.6 Å². The molecule has 0 aromatic carbocycles. The van der Waals surface area contributed by atoms with Gasteiger partial charge in [0.05, 0.1) is 6.61 Å². The van der Waals surface area contributed by atoms with E-state index in [9.17, 15) is 19.3 Å². The lowest BCUT2D eigenvalue weighted by Gasteiger charge is -2.29. The minimum Gasteiger partial charge on any atom is -0.391 e. The van der Waals surface area contributed by atoms with Crippen molar-refractivity contribution in [1.82, 2.24) is 0 Å². The lowest BCUT2D eigenvalue weighted by atomic mass is 10.1. The molecule has 0 spiro atoms. The van der Waals surface area contributed by atoms with Gasteiger partial charge in [-0.05, 0) is 0 Å². The number of rotatable bonds is 6. The van der Waals surface area contributed by atoms with Gasteiger partial charge in [-0.2, -0.15) is 0 Å². The molecule has 0 aromatic rings. The highest BCUT2D eigenvalue weighted by atomic mass is 31.2. The molecule has 14 heteroatoms. The van der Waals surface area contributed by atoms with E-state index >= 15 is 0 Å². The van der Waals surface area contributed by atoms with Crippen LogP contribution in [0.25, 0.3) is 0 Å². The summed E-state index contributed by atoms with van der Waals surface area (Å²) in [6, 6.07) is 0. The molecule has 0 saturated carbocycles. The zero-order valence-corrected chi connectivity index (χ0v) is 11.5. The predicted octanol–water partition coefficient (Wildman–Crippen LogP) is -2.99. The van der Waals surface area contributed by atoms with Crippen molar-refractivity contribution < 1.29 is 57.8 Å². The summed E-state index contributed by atoms with van der Waals surface area (Å²) in [6.45, 7) is -2.14. The monoisotopic (exact) mass is 340 g/mol. The molecule has 0 unspecified atom stereocenters. The number of aliphatic hydroxyl groups excluding tert-OH is 3. The van der Waals surface area contributed by atoms with Crippen LogP contribution in [-0.4, -0.2) is 72.2 Å². The number of phosphoric acid groups is 2. The largest absolute Gasteiger partial charge is 0.472 e. The Morgan fingerprint density at radius 3 is 2.05 bits per heavy atom. The van der Waals surface area contributed by atoms with E-state index in [-0.39, 0.29) is 0 Å². The number of hydrogen-bond acceptors (Lipinski definition) is 8. The van der Waals surface area contributed by atoms with Crippen LogP contribution in [-0.2, 0) is 22.9 Å². The number of ether oxygens (including phenoxy) is 1. The Morgan fingerprint density at radius 2 is 1.65 bits per heavy atom. The van der Waals surface area contributed by atoms with Crippen molar-refractivity contribution in [2.45, 2.75) is 24.1 Å². The molecule has 0 aliphatic carbocycles. The van der Waals surface area contributed by atoms with E-state index in [1.165, 1.54) is 0 Å². The van der Waals surface area contributed by atoms with Gasteiger partial charge in [-0.25, -0.2) is 13.7 Å². The van der Waals surface area contributed by atoms with Gasteiger partial charge in [0.2, 0.25) is 5.79 Å². The van der Waals surface area contributed by atoms with E-state index < -0.39 is 53.0 Å². The third kappa shape index (κ3) is 4.53. The topological polar surface area (TPSA) is 203 Å². The standard InChI is InChI=1S/C6H14O12P2/c7-2-6(18-20(13,14)15)5(9)4(8)3(17-6)1-16-19(10,11)12/h3-5,7-9H,1-2H2,(H2,10,11,12)(H2,13,14,15)/t3-,4-,5-,6+/m1/s1. The van der Waals surface area contributed by atoms with E-state index in [2.05, 4.69) is 9.05 Å².